The standard InChI is InChI=1S/C16H13AsF8NO/c1-4-13(2,3)26-12(27)10-7-9(15(20,21)22)5-6-11(10)17-8-14(18,19)16(23,24)25/h1,5-7H,8H2,2-3H3,(H,26,27). The molecule has 1 rings (SSSR count). The minimum atomic E-state index is -5.79. The van der Waals surface area contributed by atoms with E-state index in [9.17, 15) is 39.9 Å². The van der Waals surface area contributed by atoms with Gasteiger partial charge in [0.05, 0.1) is 0 Å². The Morgan fingerprint density at radius 3 is 2.11 bits per heavy atom. The maximum atomic E-state index is 13.1. The number of rotatable bonds is 5. The van der Waals surface area contributed by atoms with Crippen LogP contribution in [0.4, 0.5) is 35.1 Å². The van der Waals surface area contributed by atoms with Crippen molar-refractivity contribution in [2.45, 2.75) is 42.9 Å². The summed E-state index contributed by atoms with van der Waals surface area (Å²) in [5, 5.41) is 0.604. The number of terminal acetylenes is 1. The van der Waals surface area contributed by atoms with E-state index in [1.807, 2.05) is 0 Å². The quantitative estimate of drug-likeness (QED) is 0.403. The Morgan fingerprint density at radius 2 is 1.67 bits per heavy atom. The van der Waals surface area contributed by atoms with Crippen molar-refractivity contribution in [3.05, 3.63) is 29.3 Å². The summed E-state index contributed by atoms with van der Waals surface area (Å²) in [6.07, 6.45) is -5.45. The van der Waals surface area contributed by atoms with Crippen LogP contribution in [0.1, 0.15) is 29.8 Å². The van der Waals surface area contributed by atoms with E-state index in [-0.39, 0.29) is 4.35 Å². The van der Waals surface area contributed by atoms with Gasteiger partial charge in [-0.1, -0.05) is 0 Å². The Balaban J connectivity index is 3.28. The third-order valence-corrected chi connectivity index (χ3v) is 5.92. The average Bonchev–Trinajstić information content (AvgIpc) is 2.50. The summed E-state index contributed by atoms with van der Waals surface area (Å²) >= 11 is -1.96. The second kappa shape index (κ2) is 7.70. The summed E-state index contributed by atoms with van der Waals surface area (Å²) in [6.45, 7) is 2.73. The first-order valence-corrected chi connectivity index (χ1v) is 9.40. The van der Waals surface area contributed by atoms with Crippen molar-refractivity contribution in [1.29, 1.82) is 0 Å². The molecule has 11 heteroatoms. The van der Waals surface area contributed by atoms with Gasteiger partial charge in [0, 0.05) is 0 Å². The van der Waals surface area contributed by atoms with Gasteiger partial charge in [0.2, 0.25) is 0 Å². The summed E-state index contributed by atoms with van der Waals surface area (Å²) in [6, 6.07) is 1.69. The first-order valence-electron chi connectivity index (χ1n) is 7.14. The zero-order chi connectivity index (χ0) is 21.3. The fraction of sp³-hybridized carbons (Fsp3) is 0.438. The molecule has 2 nitrogen and oxygen atoms in total. The summed E-state index contributed by atoms with van der Waals surface area (Å²) in [7, 11) is 0. The number of hydrogen-bond acceptors (Lipinski definition) is 1. The van der Waals surface area contributed by atoms with Crippen molar-refractivity contribution in [2.24, 2.45) is 0 Å². The van der Waals surface area contributed by atoms with E-state index in [4.69, 9.17) is 6.42 Å². The number of alkyl halides is 8. The molecule has 0 spiro atoms. The molecule has 0 heterocycles. The number of nitrogens with one attached hydrogen (secondary N) is 1. The Labute approximate surface area is 156 Å². The monoisotopic (exact) mass is 462 g/mol. The van der Waals surface area contributed by atoms with E-state index < -0.39 is 61.8 Å². The number of benzene rings is 1. The molecule has 0 aliphatic carbocycles. The first kappa shape index (κ1) is 23.3. The second-order valence-corrected chi connectivity index (χ2v) is 8.31. The fourth-order valence-electron chi connectivity index (χ4n) is 1.69. The third kappa shape index (κ3) is 6.13. The maximum absolute atomic E-state index is 13.1. The molecule has 0 aliphatic rings. The van der Waals surface area contributed by atoms with Crippen molar-refractivity contribution in [3.8, 4) is 12.3 Å². The van der Waals surface area contributed by atoms with Crippen LogP contribution in [0.3, 0.4) is 0 Å². The normalized spacial score (nSPS) is 13.7. The van der Waals surface area contributed by atoms with Crippen LogP contribution in [0.25, 0.3) is 0 Å². The summed E-state index contributed by atoms with van der Waals surface area (Å²) in [4.78, 5) is 12.3. The topological polar surface area (TPSA) is 29.1 Å². The van der Waals surface area contributed by atoms with Gasteiger partial charge in [-0.3, -0.25) is 0 Å². The van der Waals surface area contributed by atoms with E-state index in [0.717, 1.165) is 6.07 Å². The van der Waals surface area contributed by atoms with Gasteiger partial charge in [0.15, 0.2) is 0 Å². The van der Waals surface area contributed by atoms with Crippen molar-refractivity contribution in [2.75, 3.05) is 0 Å². The molecule has 0 unspecified atom stereocenters. The fourth-order valence-corrected chi connectivity index (χ4v) is 3.93. The molecule has 0 aromatic heterocycles. The molecule has 0 fully saturated rings. The number of hydrogen-bond donors (Lipinski definition) is 1. The number of halogens is 8. The molecule has 1 aromatic carbocycles. The van der Waals surface area contributed by atoms with Crippen LogP contribution in [-0.4, -0.2) is 39.3 Å². The molecule has 1 radical (unpaired) electrons. The van der Waals surface area contributed by atoms with Gasteiger partial charge in [0.1, 0.15) is 0 Å². The molecule has 149 valence electrons. The van der Waals surface area contributed by atoms with E-state index in [0.29, 0.717) is 12.1 Å². The molecule has 1 amide bonds. The van der Waals surface area contributed by atoms with Gasteiger partial charge in [-0.05, 0) is 0 Å². The average molecular weight is 462 g/mol. The van der Waals surface area contributed by atoms with Gasteiger partial charge in [-0.2, -0.15) is 0 Å². The van der Waals surface area contributed by atoms with Gasteiger partial charge in [-0.25, -0.2) is 0 Å². The minimum absolute atomic E-state index is 0.298. The summed E-state index contributed by atoms with van der Waals surface area (Å²) in [5.41, 5.74) is -3.14. The van der Waals surface area contributed by atoms with E-state index >= 15 is 0 Å². The first-order chi connectivity index (χ1) is 12.0. The predicted octanol–water partition coefficient (Wildman–Crippen LogP) is 3.79. The van der Waals surface area contributed by atoms with Gasteiger partial charge in [0.25, 0.3) is 0 Å². The molecule has 0 saturated heterocycles. The zero-order valence-electron chi connectivity index (χ0n) is 13.9. The van der Waals surface area contributed by atoms with Crippen molar-refractivity contribution in [3.63, 3.8) is 0 Å². The molecular formula is C16H13AsF8NO. The summed E-state index contributed by atoms with van der Waals surface area (Å²) < 4.78 is 101. The zero-order valence-corrected chi connectivity index (χ0v) is 15.8. The van der Waals surface area contributed by atoms with Gasteiger partial charge < -0.3 is 0 Å². The molecule has 0 saturated carbocycles. The number of carbonyl (C=O) groups is 1. The predicted molar refractivity (Wildman–Crippen MR) is 83.0 cm³/mol. The molecule has 1 aromatic rings. The summed E-state index contributed by atoms with van der Waals surface area (Å²) in [5.74, 6) is -3.94. The van der Waals surface area contributed by atoms with Crippen LogP contribution in [0.2, 0.25) is 5.21 Å². The van der Waals surface area contributed by atoms with Crippen LogP contribution in [0.5, 0.6) is 0 Å². The van der Waals surface area contributed by atoms with E-state index in [1.165, 1.54) is 13.8 Å². The van der Waals surface area contributed by atoms with Crippen LogP contribution >= 0.6 is 0 Å². The van der Waals surface area contributed by atoms with Crippen molar-refractivity contribution < 1.29 is 39.9 Å². The third-order valence-electron chi connectivity index (χ3n) is 3.22. The van der Waals surface area contributed by atoms with Crippen LogP contribution < -0.4 is 9.67 Å². The van der Waals surface area contributed by atoms with Crippen LogP contribution in [0, 0.1) is 12.3 Å². The Kier molecular flexibility index (Phi) is 6.64. The molecule has 0 bridgehead atoms. The van der Waals surface area contributed by atoms with E-state index in [1.54, 1.807) is 0 Å². The number of carbonyl (C=O) groups excluding carboxylic acids is 1. The molecule has 1 N–H and O–H groups in total. The van der Waals surface area contributed by atoms with E-state index in [2.05, 4.69) is 11.2 Å². The Bertz CT molecular complexity index is 746. The Morgan fingerprint density at radius 1 is 1.11 bits per heavy atom. The molecule has 0 atom stereocenters. The Hall–Kier alpha value is -1.75. The van der Waals surface area contributed by atoms with Crippen LogP contribution in [0.15, 0.2) is 18.2 Å². The van der Waals surface area contributed by atoms with Crippen molar-refractivity contribution >= 4 is 26.0 Å². The molecular weight excluding hydrogens is 449 g/mol. The molecule has 27 heavy (non-hydrogen) atoms. The van der Waals surface area contributed by atoms with Crippen molar-refractivity contribution in [1.82, 2.24) is 5.32 Å². The molecule has 0 aliphatic heterocycles. The van der Waals surface area contributed by atoms with Gasteiger partial charge in [-0.15, -0.1) is 0 Å². The number of amides is 1. The second-order valence-electron chi connectivity index (χ2n) is 5.97. The van der Waals surface area contributed by atoms with Gasteiger partial charge >= 0.3 is 156 Å². The van der Waals surface area contributed by atoms with Crippen LogP contribution in [-0.2, 0) is 6.18 Å². The SMILES string of the molecule is C#CC(C)(C)NC(=O)c1cc(C(F)(F)F)ccc1[As]CC(F)(F)C(F)(F)F.